The number of hydrogen-bond acceptors (Lipinski definition) is 8. The molecule has 0 saturated heterocycles. The molecule has 2 heterocycles. The topological polar surface area (TPSA) is 167 Å². The summed E-state index contributed by atoms with van der Waals surface area (Å²) in [5, 5.41) is 31.2. The number of nitrogens with zero attached hydrogens (tertiary/aromatic N) is 7. The summed E-state index contributed by atoms with van der Waals surface area (Å²) in [6.45, 7) is 0.380. The summed E-state index contributed by atoms with van der Waals surface area (Å²) in [7, 11) is 0. The van der Waals surface area contributed by atoms with Crippen molar-refractivity contribution >= 4 is 29.6 Å². The molecule has 1 saturated carbocycles. The summed E-state index contributed by atoms with van der Waals surface area (Å²) >= 11 is 6.42. The van der Waals surface area contributed by atoms with Gasteiger partial charge in [-0.25, -0.2) is 36.7 Å². The monoisotopic (exact) mass is 792 g/mol. The Morgan fingerprint density at radius 3 is 2.38 bits per heavy atom. The van der Waals surface area contributed by atoms with Crippen LogP contribution < -0.4 is 10.6 Å². The summed E-state index contributed by atoms with van der Waals surface area (Å²) in [6, 6.07) is 11.6. The van der Waals surface area contributed by atoms with Crippen molar-refractivity contribution in [1.82, 2.24) is 40.1 Å². The van der Waals surface area contributed by atoms with Crippen molar-refractivity contribution in [2.75, 3.05) is 13.2 Å². The van der Waals surface area contributed by atoms with E-state index >= 15 is 0 Å². The molecule has 5 rings (SSSR count). The van der Waals surface area contributed by atoms with Crippen LogP contribution in [0.2, 0.25) is 5.02 Å². The molecule has 292 valence electrons. The minimum Gasteiger partial charge on any atom is -0.447 e. The number of ether oxygens (including phenoxy) is 1. The maximum atomic E-state index is 14.5. The highest BCUT2D eigenvalue weighted by Crippen LogP contribution is 2.48. The van der Waals surface area contributed by atoms with Crippen LogP contribution in [0.3, 0.4) is 0 Å². The van der Waals surface area contributed by atoms with Gasteiger partial charge in [0, 0.05) is 30.8 Å². The van der Waals surface area contributed by atoms with Crippen molar-refractivity contribution < 1.29 is 40.7 Å². The molecule has 0 unspecified atom stereocenters. The van der Waals surface area contributed by atoms with Crippen LogP contribution in [-0.4, -0.2) is 72.0 Å². The van der Waals surface area contributed by atoms with E-state index in [0.29, 0.717) is 17.2 Å². The number of guanidine groups is 1. The second-order valence-electron chi connectivity index (χ2n) is 13.5. The molecule has 1 fully saturated rings. The first-order valence-electron chi connectivity index (χ1n) is 16.7. The van der Waals surface area contributed by atoms with Crippen molar-refractivity contribution in [3.8, 4) is 23.0 Å². The fourth-order valence-corrected chi connectivity index (χ4v) is 5.74. The van der Waals surface area contributed by atoms with E-state index in [4.69, 9.17) is 21.7 Å². The molecular weight excluding hydrogens is 758 g/mol. The number of alkyl halides is 6. The van der Waals surface area contributed by atoms with Gasteiger partial charge in [-0.1, -0.05) is 29.8 Å². The second-order valence-corrected chi connectivity index (χ2v) is 13.9. The summed E-state index contributed by atoms with van der Waals surface area (Å²) in [5.41, 5.74) is -2.19. The lowest BCUT2D eigenvalue weighted by Crippen LogP contribution is -2.50. The van der Waals surface area contributed by atoms with Gasteiger partial charge in [0.15, 0.2) is 11.8 Å². The van der Waals surface area contributed by atoms with Gasteiger partial charge in [0.05, 0.1) is 33.9 Å². The van der Waals surface area contributed by atoms with Gasteiger partial charge in [0.1, 0.15) is 18.5 Å². The number of benzene rings is 2. The molecule has 0 radical (unpaired) electrons. The minimum atomic E-state index is -3.29. The number of halogens is 7. The predicted molar refractivity (Wildman–Crippen MR) is 186 cm³/mol. The molecule has 1 aliphatic rings. The average molecular weight is 793 g/mol. The fraction of sp³-hybridized carbons (Fsp3) is 0.400. The zero-order valence-corrected chi connectivity index (χ0v) is 30.3. The van der Waals surface area contributed by atoms with Crippen molar-refractivity contribution in [2.45, 2.75) is 70.5 Å². The van der Waals surface area contributed by atoms with E-state index < -0.39 is 66.3 Å². The maximum Gasteiger partial charge on any atom is 0.407 e. The molecule has 1 atom stereocenters. The van der Waals surface area contributed by atoms with E-state index in [2.05, 4.69) is 31.9 Å². The Morgan fingerprint density at radius 2 is 1.80 bits per heavy atom. The van der Waals surface area contributed by atoms with Crippen LogP contribution in [0.1, 0.15) is 80.8 Å². The van der Waals surface area contributed by atoms with Crippen LogP contribution >= 0.6 is 11.6 Å². The van der Waals surface area contributed by atoms with Gasteiger partial charge < -0.3 is 15.4 Å². The van der Waals surface area contributed by atoms with Gasteiger partial charge in [-0.15, -0.1) is 0 Å². The van der Waals surface area contributed by atoms with E-state index in [1.807, 2.05) is 0 Å². The van der Waals surface area contributed by atoms with Crippen molar-refractivity contribution in [2.24, 2.45) is 5.41 Å². The Bertz CT molecular complexity index is 2070. The van der Waals surface area contributed by atoms with Gasteiger partial charge in [-0.2, -0.15) is 24.2 Å². The Labute approximate surface area is 315 Å². The normalized spacial score (nSPS) is 14.3. The predicted octanol–water partition coefficient (Wildman–Crippen LogP) is 7.68. The Hall–Kier alpha value is -5.64. The first-order chi connectivity index (χ1) is 25.9. The van der Waals surface area contributed by atoms with Gasteiger partial charge in [-0.3, -0.25) is 15.1 Å². The highest BCUT2D eigenvalue weighted by molar-refractivity contribution is 6.32. The molecule has 20 heteroatoms. The van der Waals surface area contributed by atoms with E-state index in [1.54, 1.807) is 13.8 Å². The lowest BCUT2D eigenvalue weighted by molar-refractivity contribution is -0.0304. The maximum absolute atomic E-state index is 14.5. The molecule has 3 N–H and O–H groups in total. The standard InChI is InChI=1S/C35H35ClF6N10O3/c1-33(2,18-43)13-14-45-31(44)51(29(53)21-6-4-20(5-7-21)24-10-15-50(49-24)30(39)40)26(17-55-32(54)48-35(11-12-35)34(3,41)42)22-8-9-23(36)25(16-22)52-28(27(37)38)46-19-47-52/h4-10,15-16,19,26-27,30H,11-14,17H2,1-3H3,(H2,44,45)(H,48,54)/t26-/m1/s1. The number of alkyl carbamates (subject to hydrolysis) is 1. The molecular formula is C35H35ClF6N10O3. The van der Waals surface area contributed by atoms with Crippen LogP contribution in [0.15, 0.2) is 61.1 Å². The first kappa shape index (κ1) is 40.5. The van der Waals surface area contributed by atoms with E-state index in [0.717, 1.165) is 22.1 Å². The van der Waals surface area contributed by atoms with Gasteiger partial charge in [-0.05, 0) is 69.0 Å². The molecule has 2 amide bonds. The summed E-state index contributed by atoms with van der Waals surface area (Å²) in [6.07, 6.45) is -2.17. The lowest BCUT2D eigenvalue weighted by atomic mass is 9.91. The summed E-state index contributed by atoms with van der Waals surface area (Å²) in [5.74, 6) is -5.45. The number of aromatic nitrogens is 5. The van der Waals surface area contributed by atoms with Crippen LogP contribution in [-0.2, 0) is 4.74 Å². The third-order valence-corrected chi connectivity index (χ3v) is 9.33. The number of carbonyl (C=O) groups excluding carboxylic acids is 2. The molecule has 13 nitrogen and oxygen atoms in total. The number of nitrogens with one attached hydrogen (secondary N) is 3. The van der Waals surface area contributed by atoms with Crippen molar-refractivity contribution in [3.05, 3.63) is 83.0 Å². The SMILES string of the molecule is CC(C)(C#N)CCNC(=N)N(C(=O)c1ccc(-c2ccn(C(F)F)n2)cc1)[C@H](COC(=O)NC1(C(C)(F)F)CC1)c1ccc(Cl)c(-n2ncnc2C(F)F)c1. The minimum absolute atomic E-state index is 0.0135. The number of hydrogen-bond donors (Lipinski definition) is 3. The quantitative estimate of drug-likeness (QED) is 0.0664. The molecule has 0 bridgehead atoms. The van der Waals surface area contributed by atoms with Gasteiger partial charge >= 0.3 is 12.6 Å². The first-order valence-corrected chi connectivity index (χ1v) is 17.1. The molecule has 0 spiro atoms. The number of rotatable bonds is 14. The van der Waals surface area contributed by atoms with Crippen LogP contribution in [0.4, 0.5) is 31.1 Å². The lowest BCUT2D eigenvalue weighted by Gasteiger charge is -2.33. The van der Waals surface area contributed by atoms with E-state index in [-0.39, 0.29) is 53.3 Å². The Kier molecular flexibility index (Phi) is 11.8. The fourth-order valence-electron chi connectivity index (χ4n) is 5.55. The molecule has 2 aromatic carbocycles. The van der Waals surface area contributed by atoms with Crippen molar-refractivity contribution in [3.63, 3.8) is 0 Å². The Morgan fingerprint density at radius 1 is 1.11 bits per heavy atom. The molecule has 4 aromatic rings. The van der Waals surface area contributed by atoms with Gasteiger partial charge in [0.25, 0.3) is 18.3 Å². The van der Waals surface area contributed by atoms with Crippen molar-refractivity contribution in [1.29, 1.82) is 10.7 Å². The zero-order chi connectivity index (χ0) is 40.3. The highest BCUT2D eigenvalue weighted by atomic mass is 35.5. The largest absolute Gasteiger partial charge is 0.447 e. The molecule has 2 aromatic heterocycles. The average Bonchev–Trinajstić information content (AvgIpc) is 3.51. The second kappa shape index (κ2) is 16.0. The third kappa shape index (κ3) is 9.19. The molecule has 55 heavy (non-hydrogen) atoms. The summed E-state index contributed by atoms with van der Waals surface area (Å²) < 4.78 is 89.3. The molecule has 1 aliphatic carbocycles. The number of amides is 2. The van der Waals surface area contributed by atoms with E-state index in [1.165, 1.54) is 48.5 Å². The van der Waals surface area contributed by atoms with Crippen LogP contribution in [0.5, 0.6) is 0 Å². The summed E-state index contributed by atoms with van der Waals surface area (Å²) in [4.78, 5) is 32.0. The smallest absolute Gasteiger partial charge is 0.407 e. The third-order valence-electron chi connectivity index (χ3n) is 9.01. The highest BCUT2D eigenvalue weighted by Gasteiger charge is 2.60. The Balaban J connectivity index is 1.56. The van der Waals surface area contributed by atoms with Crippen LogP contribution in [0.25, 0.3) is 16.9 Å². The van der Waals surface area contributed by atoms with Crippen LogP contribution in [0, 0.1) is 22.2 Å². The molecule has 0 aliphatic heterocycles. The zero-order valence-electron chi connectivity index (χ0n) is 29.5. The van der Waals surface area contributed by atoms with E-state index in [9.17, 15) is 41.2 Å². The van der Waals surface area contributed by atoms with Gasteiger partial charge in [0.2, 0.25) is 0 Å². The number of nitriles is 1. The number of carbonyl (C=O) groups is 2.